The van der Waals surface area contributed by atoms with Crippen LogP contribution in [0.25, 0.3) is 0 Å². The van der Waals surface area contributed by atoms with Gasteiger partial charge in [-0.3, -0.25) is 4.79 Å². The first-order valence-electron chi connectivity index (χ1n) is 8.81. The molecule has 3 rings (SSSR count). The van der Waals surface area contributed by atoms with Crippen LogP contribution in [0.15, 0.2) is 23.5 Å². The number of aromatic nitrogens is 3. The highest BCUT2D eigenvalue weighted by Crippen LogP contribution is 2.26. The topological polar surface area (TPSA) is 86.0 Å². The van der Waals surface area contributed by atoms with E-state index in [1.165, 1.54) is 11.8 Å². The van der Waals surface area contributed by atoms with Crippen molar-refractivity contribution in [2.75, 3.05) is 36.8 Å². The SMILES string of the molecule is Cc1nc(SCC(=O)N2CCN(c3ncccn3)CC2)c(C#N)c(C)c1C. The third-order valence-electron chi connectivity index (χ3n) is 4.87. The summed E-state index contributed by atoms with van der Waals surface area (Å²) in [4.78, 5) is 29.6. The van der Waals surface area contributed by atoms with Crippen molar-refractivity contribution >= 4 is 23.6 Å². The average molecular weight is 382 g/mol. The fourth-order valence-electron chi connectivity index (χ4n) is 2.98. The van der Waals surface area contributed by atoms with Gasteiger partial charge in [0.25, 0.3) is 0 Å². The molecule has 3 heterocycles. The lowest BCUT2D eigenvalue weighted by molar-refractivity contribution is -0.128. The van der Waals surface area contributed by atoms with Crippen LogP contribution in [0.1, 0.15) is 22.4 Å². The summed E-state index contributed by atoms with van der Waals surface area (Å²) in [5.74, 6) is 1.05. The number of aryl methyl sites for hydroxylation is 1. The zero-order valence-electron chi connectivity index (χ0n) is 15.8. The molecule has 0 unspecified atom stereocenters. The van der Waals surface area contributed by atoms with Gasteiger partial charge in [-0.1, -0.05) is 11.8 Å². The number of anilines is 1. The molecule has 140 valence electrons. The molecule has 0 spiro atoms. The van der Waals surface area contributed by atoms with E-state index in [9.17, 15) is 10.1 Å². The molecule has 0 atom stereocenters. The Morgan fingerprint density at radius 2 is 1.81 bits per heavy atom. The summed E-state index contributed by atoms with van der Waals surface area (Å²) < 4.78 is 0. The number of rotatable bonds is 4. The number of pyridine rings is 1. The Hall–Kier alpha value is -2.66. The number of hydrogen-bond donors (Lipinski definition) is 0. The Balaban J connectivity index is 1.59. The third kappa shape index (κ3) is 4.19. The Labute approximate surface area is 163 Å². The second-order valence-corrected chi connectivity index (χ2v) is 7.41. The predicted molar refractivity (Wildman–Crippen MR) is 105 cm³/mol. The molecule has 0 aliphatic carbocycles. The van der Waals surface area contributed by atoms with Crippen molar-refractivity contribution in [3.8, 4) is 6.07 Å². The molecule has 0 bridgehead atoms. The van der Waals surface area contributed by atoms with Gasteiger partial charge >= 0.3 is 0 Å². The Bertz CT molecular complexity index is 872. The third-order valence-corrected chi connectivity index (χ3v) is 5.83. The van der Waals surface area contributed by atoms with E-state index in [1.807, 2.05) is 25.7 Å². The summed E-state index contributed by atoms with van der Waals surface area (Å²) in [6.07, 6.45) is 3.45. The monoisotopic (exact) mass is 382 g/mol. The fraction of sp³-hybridized carbons (Fsp3) is 0.421. The van der Waals surface area contributed by atoms with Gasteiger partial charge in [0, 0.05) is 44.3 Å². The van der Waals surface area contributed by atoms with Gasteiger partial charge in [-0.2, -0.15) is 5.26 Å². The van der Waals surface area contributed by atoms with Gasteiger partial charge in [0.2, 0.25) is 11.9 Å². The second kappa shape index (κ2) is 8.35. The van der Waals surface area contributed by atoms with Crippen LogP contribution < -0.4 is 4.90 Å². The van der Waals surface area contributed by atoms with E-state index >= 15 is 0 Å². The van der Waals surface area contributed by atoms with Gasteiger partial charge in [-0.15, -0.1) is 0 Å². The van der Waals surface area contributed by atoms with E-state index in [2.05, 4.69) is 25.9 Å². The van der Waals surface area contributed by atoms with Crippen molar-refractivity contribution in [3.05, 3.63) is 40.8 Å². The number of carbonyl (C=O) groups excluding carboxylic acids is 1. The summed E-state index contributed by atoms with van der Waals surface area (Å²) >= 11 is 1.34. The van der Waals surface area contributed by atoms with Crippen LogP contribution in [0.4, 0.5) is 5.95 Å². The molecule has 2 aromatic heterocycles. The summed E-state index contributed by atoms with van der Waals surface area (Å²) in [6, 6.07) is 4.02. The summed E-state index contributed by atoms with van der Waals surface area (Å²) in [7, 11) is 0. The highest BCUT2D eigenvalue weighted by Gasteiger charge is 2.23. The smallest absolute Gasteiger partial charge is 0.233 e. The number of hydrogen-bond acceptors (Lipinski definition) is 7. The Morgan fingerprint density at radius 3 is 2.44 bits per heavy atom. The van der Waals surface area contributed by atoms with Crippen molar-refractivity contribution in [1.82, 2.24) is 19.9 Å². The minimum atomic E-state index is 0.0650. The van der Waals surface area contributed by atoms with Crippen LogP contribution >= 0.6 is 11.8 Å². The second-order valence-electron chi connectivity index (χ2n) is 6.44. The zero-order valence-corrected chi connectivity index (χ0v) is 16.6. The molecule has 1 fully saturated rings. The minimum Gasteiger partial charge on any atom is -0.338 e. The van der Waals surface area contributed by atoms with Crippen LogP contribution in [0.3, 0.4) is 0 Å². The average Bonchev–Trinajstić information content (AvgIpc) is 2.71. The molecule has 0 aromatic carbocycles. The molecular weight excluding hydrogens is 360 g/mol. The molecule has 0 N–H and O–H groups in total. The standard InChI is InChI=1S/C19H22N6OS/c1-13-14(2)16(11-20)18(23-15(13)3)27-12-17(26)24-7-9-25(10-8-24)19-21-5-4-6-22-19/h4-6H,7-10,12H2,1-3H3. The predicted octanol–water partition coefficient (Wildman–Crippen LogP) is 2.11. The van der Waals surface area contributed by atoms with E-state index < -0.39 is 0 Å². The molecule has 7 nitrogen and oxygen atoms in total. The van der Waals surface area contributed by atoms with Gasteiger partial charge in [0.1, 0.15) is 11.1 Å². The lowest BCUT2D eigenvalue weighted by Crippen LogP contribution is -2.49. The van der Waals surface area contributed by atoms with E-state index in [-0.39, 0.29) is 11.7 Å². The van der Waals surface area contributed by atoms with Gasteiger partial charge < -0.3 is 9.80 Å². The maximum atomic E-state index is 12.6. The molecule has 1 aliphatic heterocycles. The van der Waals surface area contributed by atoms with Crippen LogP contribution in [-0.2, 0) is 4.79 Å². The number of amides is 1. The van der Waals surface area contributed by atoms with Crippen molar-refractivity contribution in [1.29, 1.82) is 5.26 Å². The van der Waals surface area contributed by atoms with Crippen LogP contribution in [-0.4, -0.2) is 57.7 Å². The van der Waals surface area contributed by atoms with Gasteiger partial charge in [0.05, 0.1) is 11.3 Å². The van der Waals surface area contributed by atoms with Gasteiger partial charge in [-0.05, 0) is 38.0 Å². The first-order valence-corrected chi connectivity index (χ1v) is 9.80. The molecule has 0 radical (unpaired) electrons. The number of nitriles is 1. The van der Waals surface area contributed by atoms with Crippen molar-refractivity contribution in [2.45, 2.75) is 25.8 Å². The van der Waals surface area contributed by atoms with Crippen molar-refractivity contribution in [3.63, 3.8) is 0 Å². The number of thioether (sulfide) groups is 1. The summed E-state index contributed by atoms with van der Waals surface area (Å²) in [5.41, 5.74) is 3.44. The molecule has 8 heteroatoms. The van der Waals surface area contributed by atoms with Crippen LogP contribution in [0, 0.1) is 32.1 Å². The lowest BCUT2D eigenvalue weighted by atomic mass is 10.1. The molecule has 2 aromatic rings. The van der Waals surface area contributed by atoms with E-state index in [4.69, 9.17) is 0 Å². The minimum absolute atomic E-state index is 0.0650. The lowest BCUT2D eigenvalue weighted by Gasteiger charge is -2.34. The highest BCUT2D eigenvalue weighted by molar-refractivity contribution is 8.00. The quantitative estimate of drug-likeness (QED) is 0.749. The largest absolute Gasteiger partial charge is 0.338 e. The maximum Gasteiger partial charge on any atom is 0.233 e. The fourth-order valence-corrected chi connectivity index (χ4v) is 3.97. The highest BCUT2D eigenvalue weighted by atomic mass is 32.2. The normalized spacial score (nSPS) is 14.1. The first kappa shape index (κ1) is 19.1. The van der Waals surface area contributed by atoms with E-state index in [1.54, 1.807) is 18.5 Å². The van der Waals surface area contributed by atoms with Crippen molar-refractivity contribution in [2.24, 2.45) is 0 Å². The zero-order chi connectivity index (χ0) is 19.4. The molecule has 1 amide bonds. The first-order chi connectivity index (χ1) is 13.0. The molecule has 0 saturated carbocycles. The number of carbonyl (C=O) groups is 1. The van der Waals surface area contributed by atoms with Crippen molar-refractivity contribution < 1.29 is 4.79 Å². The maximum absolute atomic E-state index is 12.6. The van der Waals surface area contributed by atoms with Crippen LogP contribution in [0.5, 0.6) is 0 Å². The Kier molecular flexibility index (Phi) is 5.91. The molecule has 1 saturated heterocycles. The number of nitrogens with zero attached hydrogens (tertiary/aromatic N) is 6. The van der Waals surface area contributed by atoms with Gasteiger partial charge in [-0.25, -0.2) is 15.0 Å². The molecule has 1 aliphatic rings. The molecular formula is C19H22N6OS. The Morgan fingerprint density at radius 1 is 1.15 bits per heavy atom. The summed E-state index contributed by atoms with van der Waals surface area (Å²) in [5, 5.41) is 10.1. The number of piperazine rings is 1. The van der Waals surface area contributed by atoms with Crippen LogP contribution in [0.2, 0.25) is 0 Å². The molecule has 27 heavy (non-hydrogen) atoms. The van der Waals surface area contributed by atoms with Gasteiger partial charge in [0.15, 0.2) is 0 Å². The van der Waals surface area contributed by atoms with E-state index in [0.29, 0.717) is 42.7 Å². The summed E-state index contributed by atoms with van der Waals surface area (Å²) in [6.45, 7) is 8.54. The van der Waals surface area contributed by atoms with E-state index in [0.717, 1.165) is 16.8 Å².